The molecule has 0 spiro atoms. The van der Waals surface area contributed by atoms with Crippen LogP contribution in [-0.2, 0) is 0 Å². The van der Waals surface area contributed by atoms with E-state index in [1.54, 1.807) is 6.20 Å². The Kier molecular flexibility index (Phi) is 4.55. The minimum absolute atomic E-state index is 0.326. The van der Waals surface area contributed by atoms with Gasteiger partial charge in [0.15, 0.2) is 0 Å². The lowest BCUT2D eigenvalue weighted by molar-refractivity contribution is 0.305. The average Bonchev–Trinajstić information content (AvgIpc) is 2.84. The molecular weight excluding hydrogens is 254 g/mol. The zero-order chi connectivity index (χ0) is 14.5. The summed E-state index contributed by atoms with van der Waals surface area (Å²) in [6, 6.07) is 2.16. The maximum absolute atomic E-state index is 5.55. The minimum atomic E-state index is 0.326. The predicted octanol–water partition coefficient (Wildman–Crippen LogP) is 3.09. The van der Waals surface area contributed by atoms with Crippen molar-refractivity contribution in [2.24, 2.45) is 0 Å². The summed E-state index contributed by atoms with van der Waals surface area (Å²) in [6.07, 6.45) is 4.65. The molecule has 0 aromatic carbocycles. The van der Waals surface area contributed by atoms with Crippen LogP contribution in [0.5, 0.6) is 5.88 Å². The van der Waals surface area contributed by atoms with E-state index in [9.17, 15) is 0 Å². The van der Waals surface area contributed by atoms with Gasteiger partial charge in [-0.25, -0.2) is 4.98 Å². The number of nitrogens with one attached hydrogen (secondary N) is 1. The van der Waals surface area contributed by atoms with Crippen LogP contribution >= 0.6 is 0 Å². The van der Waals surface area contributed by atoms with E-state index in [-0.39, 0.29) is 0 Å². The fourth-order valence-corrected chi connectivity index (χ4v) is 1.69. The molecule has 2 aromatic heterocycles. The van der Waals surface area contributed by atoms with E-state index in [0.29, 0.717) is 24.5 Å². The number of aromatic nitrogens is 4. The van der Waals surface area contributed by atoms with Crippen molar-refractivity contribution in [2.45, 2.75) is 40.2 Å². The van der Waals surface area contributed by atoms with Crippen molar-refractivity contribution in [1.82, 2.24) is 19.7 Å². The fraction of sp³-hybridized carbons (Fsp3) is 0.500. The zero-order valence-corrected chi connectivity index (χ0v) is 12.4. The first-order chi connectivity index (χ1) is 9.58. The lowest BCUT2D eigenvalue weighted by Crippen LogP contribution is -2.03. The van der Waals surface area contributed by atoms with Gasteiger partial charge in [0.2, 0.25) is 11.8 Å². The molecule has 0 saturated heterocycles. The molecule has 0 aliphatic carbocycles. The first-order valence-corrected chi connectivity index (χ1v) is 6.88. The lowest BCUT2D eigenvalue weighted by atomic mass is 10.4. The highest BCUT2D eigenvalue weighted by Crippen LogP contribution is 2.17. The largest absolute Gasteiger partial charge is 0.478 e. The van der Waals surface area contributed by atoms with Gasteiger partial charge >= 0.3 is 0 Å². The summed E-state index contributed by atoms with van der Waals surface area (Å²) in [6.45, 7) is 8.80. The second-order valence-electron chi connectivity index (χ2n) is 4.95. The van der Waals surface area contributed by atoms with E-state index in [2.05, 4.69) is 41.2 Å². The molecule has 2 heterocycles. The standard InChI is InChI=1S/C14H21N5O/c1-5-6-20-13-7-11(4)16-14(18-13)17-12-8-15-19(9-12)10(2)3/h7-10H,5-6H2,1-4H3,(H,16,17,18). The van der Waals surface area contributed by atoms with E-state index in [0.717, 1.165) is 17.8 Å². The van der Waals surface area contributed by atoms with Gasteiger partial charge in [0.05, 0.1) is 18.5 Å². The molecule has 0 radical (unpaired) electrons. The summed E-state index contributed by atoms with van der Waals surface area (Å²) >= 11 is 0. The Balaban J connectivity index is 2.13. The first-order valence-electron chi connectivity index (χ1n) is 6.88. The van der Waals surface area contributed by atoms with Gasteiger partial charge in [-0.1, -0.05) is 6.92 Å². The molecule has 6 nitrogen and oxygen atoms in total. The van der Waals surface area contributed by atoms with Crippen molar-refractivity contribution in [3.05, 3.63) is 24.2 Å². The number of rotatable bonds is 6. The Morgan fingerprint density at radius 3 is 2.80 bits per heavy atom. The lowest BCUT2D eigenvalue weighted by Gasteiger charge is -2.08. The monoisotopic (exact) mass is 275 g/mol. The molecule has 0 aliphatic heterocycles. The third-order valence-electron chi connectivity index (χ3n) is 2.67. The number of hydrogen-bond donors (Lipinski definition) is 1. The summed E-state index contributed by atoms with van der Waals surface area (Å²) < 4.78 is 7.43. The smallest absolute Gasteiger partial charge is 0.230 e. The Morgan fingerprint density at radius 2 is 2.15 bits per heavy atom. The second-order valence-corrected chi connectivity index (χ2v) is 4.95. The molecule has 20 heavy (non-hydrogen) atoms. The van der Waals surface area contributed by atoms with Gasteiger partial charge in [-0.2, -0.15) is 10.1 Å². The highest BCUT2D eigenvalue weighted by molar-refractivity contribution is 5.51. The van der Waals surface area contributed by atoms with E-state index >= 15 is 0 Å². The van der Waals surface area contributed by atoms with Gasteiger partial charge < -0.3 is 10.1 Å². The van der Waals surface area contributed by atoms with Crippen LogP contribution in [0.2, 0.25) is 0 Å². The van der Waals surface area contributed by atoms with Gasteiger partial charge in [-0.05, 0) is 27.2 Å². The van der Waals surface area contributed by atoms with E-state index in [4.69, 9.17) is 4.74 Å². The molecule has 1 N–H and O–H groups in total. The van der Waals surface area contributed by atoms with Gasteiger partial charge in [0, 0.05) is 24.0 Å². The van der Waals surface area contributed by atoms with Gasteiger partial charge in [-0.3, -0.25) is 4.68 Å². The van der Waals surface area contributed by atoms with Crippen molar-refractivity contribution in [1.29, 1.82) is 0 Å². The first kappa shape index (κ1) is 14.3. The highest BCUT2D eigenvalue weighted by Gasteiger charge is 2.06. The Labute approximate surface area is 119 Å². The van der Waals surface area contributed by atoms with Crippen LogP contribution in [0.25, 0.3) is 0 Å². The van der Waals surface area contributed by atoms with E-state index in [1.807, 2.05) is 23.9 Å². The number of anilines is 2. The molecule has 0 amide bonds. The van der Waals surface area contributed by atoms with Crippen LogP contribution in [-0.4, -0.2) is 26.4 Å². The Hall–Kier alpha value is -2.11. The minimum Gasteiger partial charge on any atom is -0.478 e. The average molecular weight is 275 g/mol. The van der Waals surface area contributed by atoms with Crippen LogP contribution < -0.4 is 10.1 Å². The normalized spacial score (nSPS) is 10.8. The van der Waals surface area contributed by atoms with Gasteiger partial charge in [0.25, 0.3) is 0 Å². The SMILES string of the molecule is CCCOc1cc(C)nc(Nc2cnn(C(C)C)c2)n1. The van der Waals surface area contributed by atoms with Crippen LogP contribution in [0, 0.1) is 6.92 Å². The molecular formula is C14H21N5O. The van der Waals surface area contributed by atoms with Crippen LogP contribution in [0.3, 0.4) is 0 Å². The Bertz CT molecular complexity index is 564. The maximum Gasteiger partial charge on any atom is 0.230 e. The van der Waals surface area contributed by atoms with Gasteiger partial charge in [-0.15, -0.1) is 0 Å². The molecule has 0 aliphatic rings. The summed E-state index contributed by atoms with van der Waals surface area (Å²) in [5, 5.41) is 7.42. The van der Waals surface area contributed by atoms with Crippen molar-refractivity contribution in [3.63, 3.8) is 0 Å². The molecule has 0 saturated carbocycles. The third-order valence-corrected chi connectivity index (χ3v) is 2.67. The van der Waals surface area contributed by atoms with Crippen molar-refractivity contribution in [3.8, 4) is 5.88 Å². The second kappa shape index (κ2) is 6.36. The molecule has 0 atom stereocenters. The van der Waals surface area contributed by atoms with Crippen LogP contribution in [0.4, 0.5) is 11.6 Å². The van der Waals surface area contributed by atoms with Crippen molar-refractivity contribution in [2.75, 3.05) is 11.9 Å². The Morgan fingerprint density at radius 1 is 1.35 bits per heavy atom. The van der Waals surface area contributed by atoms with Crippen molar-refractivity contribution < 1.29 is 4.74 Å². The maximum atomic E-state index is 5.55. The zero-order valence-electron chi connectivity index (χ0n) is 12.4. The summed E-state index contributed by atoms with van der Waals surface area (Å²) in [5.74, 6) is 1.12. The predicted molar refractivity (Wildman–Crippen MR) is 78.4 cm³/mol. The number of aryl methyl sites for hydroxylation is 1. The molecule has 108 valence electrons. The van der Waals surface area contributed by atoms with Crippen LogP contribution in [0.15, 0.2) is 18.5 Å². The topological polar surface area (TPSA) is 64.9 Å². The molecule has 0 fully saturated rings. The number of nitrogens with zero attached hydrogens (tertiary/aromatic N) is 4. The van der Waals surface area contributed by atoms with E-state index in [1.165, 1.54) is 0 Å². The summed E-state index contributed by atoms with van der Waals surface area (Å²) in [4.78, 5) is 8.69. The number of hydrogen-bond acceptors (Lipinski definition) is 5. The molecule has 0 bridgehead atoms. The fourth-order valence-electron chi connectivity index (χ4n) is 1.69. The van der Waals surface area contributed by atoms with E-state index < -0.39 is 0 Å². The molecule has 0 unspecified atom stereocenters. The molecule has 2 rings (SSSR count). The summed E-state index contributed by atoms with van der Waals surface area (Å²) in [5.41, 5.74) is 1.73. The summed E-state index contributed by atoms with van der Waals surface area (Å²) in [7, 11) is 0. The quantitative estimate of drug-likeness (QED) is 0.877. The molecule has 6 heteroatoms. The highest BCUT2D eigenvalue weighted by atomic mass is 16.5. The number of ether oxygens (including phenoxy) is 1. The third kappa shape index (κ3) is 3.69. The van der Waals surface area contributed by atoms with Crippen LogP contribution in [0.1, 0.15) is 38.9 Å². The molecule has 2 aromatic rings. The van der Waals surface area contributed by atoms with Gasteiger partial charge in [0.1, 0.15) is 0 Å². The van der Waals surface area contributed by atoms with Crippen molar-refractivity contribution >= 4 is 11.6 Å².